The molecule has 4 N–H and O–H groups in total. The van der Waals surface area contributed by atoms with Crippen LogP contribution in [0.1, 0.15) is 59.8 Å². The molecule has 3 aromatic carbocycles. The van der Waals surface area contributed by atoms with Crippen molar-refractivity contribution in [3.05, 3.63) is 82.9 Å². The molecular weight excluding hydrogens is 678 g/mol. The highest BCUT2D eigenvalue weighted by atomic mass is 32.2. The van der Waals surface area contributed by atoms with Crippen molar-refractivity contribution in [1.29, 1.82) is 0 Å². The number of carbonyl (C=O) groups excluding carboxylic acids is 4. The molecule has 3 aromatic rings. The van der Waals surface area contributed by atoms with Gasteiger partial charge in [-0.1, -0.05) is 6.07 Å². The summed E-state index contributed by atoms with van der Waals surface area (Å²) in [6.07, 6.45) is 0.0576. The number of benzene rings is 3. The van der Waals surface area contributed by atoms with Crippen LogP contribution in [0.5, 0.6) is 5.75 Å². The lowest BCUT2D eigenvalue weighted by Crippen LogP contribution is -2.40. The molecule has 0 radical (unpaired) electrons. The maximum absolute atomic E-state index is 15.2. The van der Waals surface area contributed by atoms with Gasteiger partial charge in [0, 0.05) is 17.8 Å². The first-order valence-corrected chi connectivity index (χ1v) is 17.2. The van der Waals surface area contributed by atoms with Crippen molar-refractivity contribution < 1.29 is 50.6 Å². The number of hydrogen-bond acceptors (Lipinski definition) is 10. The number of nitrogens with one attached hydrogen (secondary N) is 2. The van der Waals surface area contributed by atoms with E-state index in [1.165, 1.54) is 42.3 Å². The van der Waals surface area contributed by atoms with E-state index in [2.05, 4.69) is 10.6 Å². The summed E-state index contributed by atoms with van der Waals surface area (Å²) >= 11 is 0. The summed E-state index contributed by atoms with van der Waals surface area (Å²) in [5, 5.41) is 4.63. The standard InChI is InChI=1S/C34H36F2N4O9S/c1-4-49-33(43)22-13-14-40(30(22)23-17-20(38-34(44)48-3)7-12-28(23)50(45,46)21-8-9-21)32(42)29(18-5-11-25(36)27(16-18)47-2)39-26-15-19(31(37)41)6-10-24(26)35/h5-7,10-12,15-17,21-22,29-30,39H,4,8-9,13-14H2,1-3H3,(H2,37,41)(H,38,44)/t22-,29+,30-/m1/s1. The van der Waals surface area contributed by atoms with Crippen molar-refractivity contribution in [1.82, 2.24) is 4.90 Å². The third kappa shape index (κ3) is 7.34. The van der Waals surface area contributed by atoms with Crippen molar-refractivity contribution >= 4 is 45.1 Å². The van der Waals surface area contributed by atoms with E-state index in [9.17, 15) is 32.0 Å². The van der Waals surface area contributed by atoms with Gasteiger partial charge in [-0.05, 0) is 85.8 Å². The van der Waals surface area contributed by atoms with Gasteiger partial charge in [0.15, 0.2) is 21.4 Å². The van der Waals surface area contributed by atoms with Gasteiger partial charge >= 0.3 is 12.1 Å². The molecule has 13 nitrogen and oxygen atoms in total. The molecule has 0 spiro atoms. The minimum absolute atomic E-state index is 0.00218. The number of sulfone groups is 1. The number of nitrogens with zero attached hydrogens (tertiary/aromatic N) is 1. The molecule has 3 amide bonds. The van der Waals surface area contributed by atoms with Crippen molar-refractivity contribution in [2.24, 2.45) is 11.7 Å². The maximum Gasteiger partial charge on any atom is 0.411 e. The van der Waals surface area contributed by atoms with Gasteiger partial charge in [-0.15, -0.1) is 0 Å². The van der Waals surface area contributed by atoms with Crippen LogP contribution >= 0.6 is 0 Å². The van der Waals surface area contributed by atoms with E-state index < -0.39 is 68.6 Å². The molecular formula is C34H36F2N4O9S. The SMILES string of the molecule is CCOC(=O)[C@@H]1CCN(C(=O)[C@@H](Nc2cc(C(N)=O)ccc2F)c2ccc(F)c(OC)c2)[C@H]1c1cc(NC(=O)OC)ccc1S(=O)(=O)C1CC1. The van der Waals surface area contributed by atoms with Crippen molar-refractivity contribution in [2.45, 2.75) is 48.4 Å². The Bertz CT molecular complexity index is 1940. The first-order valence-electron chi connectivity index (χ1n) is 15.7. The van der Waals surface area contributed by atoms with E-state index in [0.717, 1.165) is 31.4 Å². The molecule has 1 saturated carbocycles. The van der Waals surface area contributed by atoms with Gasteiger partial charge in [-0.2, -0.15) is 0 Å². The molecule has 266 valence electrons. The Morgan fingerprint density at radius 2 is 1.70 bits per heavy atom. The first kappa shape index (κ1) is 36.0. The fourth-order valence-corrected chi connectivity index (χ4v) is 7.90. The van der Waals surface area contributed by atoms with Crippen LogP contribution in [0.25, 0.3) is 0 Å². The Labute approximate surface area is 287 Å². The normalized spacial score (nSPS) is 17.8. The lowest BCUT2D eigenvalue weighted by atomic mass is 9.92. The topological polar surface area (TPSA) is 183 Å². The van der Waals surface area contributed by atoms with Gasteiger partial charge in [0.25, 0.3) is 0 Å². The van der Waals surface area contributed by atoms with Gasteiger partial charge in [0.1, 0.15) is 11.9 Å². The monoisotopic (exact) mass is 714 g/mol. The van der Waals surface area contributed by atoms with E-state index in [4.69, 9.17) is 19.9 Å². The molecule has 2 aliphatic rings. The number of anilines is 2. The van der Waals surface area contributed by atoms with Gasteiger partial charge in [0.2, 0.25) is 11.8 Å². The van der Waals surface area contributed by atoms with Gasteiger partial charge in [-0.3, -0.25) is 19.7 Å². The molecule has 1 aliphatic carbocycles. The zero-order valence-corrected chi connectivity index (χ0v) is 28.2. The highest BCUT2D eigenvalue weighted by Crippen LogP contribution is 2.46. The highest BCUT2D eigenvalue weighted by Gasteiger charge is 2.48. The summed E-state index contributed by atoms with van der Waals surface area (Å²) < 4.78 is 72.5. The van der Waals surface area contributed by atoms with E-state index in [1.807, 2.05) is 0 Å². The second-order valence-corrected chi connectivity index (χ2v) is 14.0. The van der Waals surface area contributed by atoms with Crippen LogP contribution < -0.4 is 21.1 Å². The number of ether oxygens (including phenoxy) is 3. The number of halogens is 2. The van der Waals surface area contributed by atoms with Crippen LogP contribution in [-0.4, -0.2) is 69.8 Å². The number of primary amides is 1. The van der Waals surface area contributed by atoms with Crippen LogP contribution in [0.2, 0.25) is 0 Å². The number of methoxy groups -OCH3 is 2. The third-order valence-corrected chi connectivity index (χ3v) is 10.9. The fraction of sp³-hybridized carbons (Fsp3) is 0.353. The Morgan fingerprint density at radius 1 is 0.980 bits per heavy atom. The molecule has 0 unspecified atom stereocenters. The van der Waals surface area contributed by atoms with Crippen molar-refractivity contribution in [2.75, 3.05) is 38.0 Å². The summed E-state index contributed by atoms with van der Waals surface area (Å²) in [5.74, 6) is -5.18. The number of amides is 3. The number of carbonyl (C=O) groups is 4. The summed E-state index contributed by atoms with van der Waals surface area (Å²) in [6.45, 7) is 1.53. The van der Waals surface area contributed by atoms with E-state index in [1.54, 1.807) is 6.92 Å². The van der Waals surface area contributed by atoms with Gasteiger partial charge in [-0.25, -0.2) is 22.0 Å². The van der Waals surface area contributed by atoms with E-state index in [-0.39, 0.29) is 58.3 Å². The third-order valence-electron chi connectivity index (χ3n) is 8.61. The molecule has 1 aliphatic heterocycles. The van der Waals surface area contributed by atoms with Crippen LogP contribution in [0.3, 0.4) is 0 Å². The second-order valence-electron chi connectivity index (χ2n) is 11.8. The van der Waals surface area contributed by atoms with Gasteiger partial charge in [0.05, 0.1) is 48.6 Å². The molecule has 0 aromatic heterocycles. The summed E-state index contributed by atoms with van der Waals surface area (Å²) in [5.41, 5.74) is 5.35. The second kappa shape index (κ2) is 14.7. The molecule has 1 saturated heterocycles. The number of likely N-dealkylation sites (tertiary alicyclic amines) is 1. The smallest absolute Gasteiger partial charge is 0.411 e. The van der Waals surface area contributed by atoms with Crippen molar-refractivity contribution in [3.63, 3.8) is 0 Å². The lowest BCUT2D eigenvalue weighted by molar-refractivity contribution is -0.149. The average Bonchev–Trinajstić information content (AvgIpc) is 3.87. The Kier molecular flexibility index (Phi) is 10.6. The zero-order chi connectivity index (χ0) is 36.3. The van der Waals surface area contributed by atoms with E-state index in [0.29, 0.717) is 12.8 Å². The Balaban J connectivity index is 1.69. The molecule has 5 rings (SSSR count). The quantitative estimate of drug-likeness (QED) is 0.226. The van der Waals surface area contributed by atoms with Gasteiger partial charge < -0.3 is 30.2 Å². The average molecular weight is 715 g/mol. The maximum atomic E-state index is 15.2. The largest absolute Gasteiger partial charge is 0.494 e. The summed E-state index contributed by atoms with van der Waals surface area (Å²) in [6, 6.07) is 8.14. The minimum atomic E-state index is -3.95. The molecule has 0 bridgehead atoms. The number of rotatable bonds is 12. The van der Waals surface area contributed by atoms with E-state index >= 15 is 4.39 Å². The van der Waals surface area contributed by atoms with Crippen LogP contribution in [0, 0.1) is 17.6 Å². The molecule has 16 heteroatoms. The molecule has 2 fully saturated rings. The Hall–Kier alpha value is -5.25. The summed E-state index contributed by atoms with van der Waals surface area (Å²) in [4.78, 5) is 53.5. The fourth-order valence-electron chi connectivity index (χ4n) is 6.02. The predicted molar refractivity (Wildman–Crippen MR) is 176 cm³/mol. The summed E-state index contributed by atoms with van der Waals surface area (Å²) in [7, 11) is -1.58. The Morgan fingerprint density at radius 3 is 2.34 bits per heavy atom. The molecule has 50 heavy (non-hydrogen) atoms. The zero-order valence-electron chi connectivity index (χ0n) is 27.4. The first-order chi connectivity index (χ1) is 23.8. The molecule has 1 heterocycles. The number of esters is 1. The van der Waals surface area contributed by atoms with Crippen molar-refractivity contribution in [3.8, 4) is 5.75 Å². The van der Waals surface area contributed by atoms with Crippen LogP contribution in [-0.2, 0) is 28.9 Å². The number of nitrogens with two attached hydrogens (primary N) is 1. The van der Waals surface area contributed by atoms with Crippen LogP contribution in [0.15, 0.2) is 59.5 Å². The predicted octanol–water partition coefficient (Wildman–Crippen LogP) is 4.49. The van der Waals surface area contributed by atoms with Crippen LogP contribution in [0.4, 0.5) is 25.0 Å². The number of hydrogen-bond donors (Lipinski definition) is 3. The minimum Gasteiger partial charge on any atom is -0.494 e. The highest BCUT2D eigenvalue weighted by molar-refractivity contribution is 7.92. The lowest BCUT2D eigenvalue weighted by Gasteiger charge is -2.33. The molecule has 3 atom stereocenters.